The van der Waals surface area contributed by atoms with Gasteiger partial charge in [0.1, 0.15) is 0 Å². The first-order valence-electron chi connectivity index (χ1n) is 6.45. The highest BCUT2D eigenvalue weighted by atomic mass is 16.5. The molecule has 0 spiro atoms. The molecule has 1 aromatic carbocycles. The number of hydrogen-bond donors (Lipinski definition) is 1. The lowest BCUT2D eigenvalue weighted by Gasteiger charge is -2.34. The van der Waals surface area contributed by atoms with Crippen LogP contribution in [0.1, 0.15) is 17.2 Å². The Morgan fingerprint density at radius 1 is 1.28 bits per heavy atom. The van der Waals surface area contributed by atoms with Gasteiger partial charge in [0.2, 0.25) is 0 Å². The number of nitrogens with zero attached hydrogens (tertiary/aromatic N) is 1. The van der Waals surface area contributed by atoms with Gasteiger partial charge in [0.15, 0.2) is 0 Å². The van der Waals surface area contributed by atoms with E-state index < -0.39 is 0 Å². The third-order valence-electron chi connectivity index (χ3n) is 3.39. The molecule has 0 radical (unpaired) electrons. The van der Waals surface area contributed by atoms with E-state index in [-0.39, 0.29) is 0 Å². The summed E-state index contributed by atoms with van der Waals surface area (Å²) in [4.78, 5) is 2.40. The van der Waals surface area contributed by atoms with Crippen LogP contribution in [0, 0.1) is 0 Å². The van der Waals surface area contributed by atoms with Gasteiger partial charge in [-0.1, -0.05) is 24.3 Å². The highest BCUT2D eigenvalue weighted by Crippen LogP contribution is 2.21. The van der Waals surface area contributed by atoms with Crippen LogP contribution in [0.5, 0.6) is 0 Å². The maximum Gasteiger partial charge on any atom is 0.0713 e. The zero-order chi connectivity index (χ0) is 12.8. The van der Waals surface area contributed by atoms with Gasteiger partial charge in [-0.25, -0.2) is 0 Å². The van der Waals surface area contributed by atoms with Crippen LogP contribution >= 0.6 is 0 Å². The van der Waals surface area contributed by atoms with Gasteiger partial charge in [-0.05, 0) is 11.1 Å². The lowest BCUT2D eigenvalue weighted by molar-refractivity contribution is 0.0179. The molecule has 1 aliphatic heterocycles. The van der Waals surface area contributed by atoms with E-state index in [2.05, 4.69) is 29.2 Å². The van der Waals surface area contributed by atoms with Crippen LogP contribution in [-0.4, -0.2) is 44.9 Å². The van der Waals surface area contributed by atoms with E-state index in [1.54, 1.807) is 7.11 Å². The number of rotatable bonds is 5. The van der Waals surface area contributed by atoms with E-state index in [0.717, 1.165) is 26.3 Å². The van der Waals surface area contributed by atoms with E-state index in [4.69, 9.17) is 15.2 Å². The van der Waals surface area contributed by atoms with Crippen LogP contribution < -0.4 is 5.73 Å². The van der Waals surface area contributed by atoms with Crippen molar-refractivity contribution in [1.82, 2.24) is 4.90 Å². The summed E-state index contributed by atoms with van der Waals surface area (Å²) in [6, 6.07) is 8.83. The molecule has 1 atom stereocenters. The summed E-state index contributed by atoms with van der Waals surface area (Å²) >= 11 is 0. The molecule has 1 unspecified atom stereocenters. The maximum absolute atomic E-state index is 5.93. The Hall–Kier alpha value is -0.940. The third-order valence-corrected chi connectivity index (χ3v) is 3.39. The van der Waals surface area contributed by atoms with Crippen molar-refractivity contribution in [2.75, 3.05) is 40.0 Å². The molecular formula is C14H22N2O2. The number of benzene rings is 1. The molecule has 1 fully saturated rings. The number of ether oxygens (including phenoxy) is 2. The van der Waals surface area contributed by atoms with E-state index in [1.807, 2.05) is 0 Å². The molecule has 100 valence electrons. The van der Waals surface area contributed by atoms with Crippen LogP contribution in [0.3, 0.4) is 0 Å². The zero-order valence-corrected chi connectivity index (χ0v) is 11.0. The van der Waals surface area contributed by atoms with Crippen molar-refractivity contribution in [3.8, 4) is 0 Å². The van der Waals surface area contributed by atoms with Crippen LogP contribution in [0.2, 0.25) is 0 Å². The van der Waals surface area contributed by atoms with Gasteiger partial charge in [-0.3, -0.25) is 4.90 Å². The Morgan fingerprint density at radius 2 is 1.94 bits per heavy atom. The Labute approximate surface area is 109 Å². The summed E-state index contributed by atoms with van der Waals surface area (Å²) in [5.74, 6) is 0. The van der Waals surface area contributed by atoms with Gasteiger partial charge < -0.3 is 15.2 Å². The first kappa shape index (κ1) is 13.5. The summed E-state index contributed by atoms with van der Waals surface area (Å²) < 4.78 is 10.5. The Bertz CT molecular complexity index is 347. The van der Waals surface area contributed by atoms with Crippen LogP contribution in [0.25, 0.3) is 0 Å². The van der Waals surface area contributed by atoms with Crippen molar-refractivity contribution >= 4 is 0 Å². The molecule has 1 saturated heterocycles. The first-order chi connectivity index (χ1) is 8.85. The molecular weight excluding hydrogens is 228 g/mol. The lowest BCUT2D eigenvalue weighted by atomic mass is 10.0. The first-order valence-corrected chi connectivity index (χ1v) is 6.45. The number of methoxy groups -OCH3 is 1. The Morgan fingerprint density at radius 3 is 2.50 bits per heavy atom. The molecule has 0 amide bonds. The maximum atomic E-state index is 5.93. The largest absolute Gasteiger partial charge is 0.380 e. The minimum atomic E-state index is 0.297. The van der Waals surface area contributed by atoms with Crippen molar-refractivity contribution < 1.29 is 9.47 Å². The second-order valence-corrected chi connectivity index (χ2v) is 4.57. The van der Waals surface area contributed by atoms with Gasteiger partial charge in [0, 0.05) is 32.8 Å². The van der Waals surface area contributed by atoms with Crippen molar-refractivity contribution in [3.63, 3.8) is 0 Å². The van der Waals surface area contributed by atoms with Crippen LogP contribution in [-0.2, 0) is 16.1 Å². The van der Waals surface area contributed by atoms with Crippen molar-refractivity contribution in [3.05, 3.63) is 35.4 Å². The third kappa shape index (κ3) is 3.29. The monoisotopic (exact) mass is 250 g/mol. The average molecular weight is 250 g/mol. The van der Waals surface area contributed by atoms with E-state index in [9.17, 15) is 0 Å². The van der Waals surface area contributed by atoms with Gasteiger partial charge in [-0.2, -0.15) is 0 Å². The fraction of sp³-hybridized carbons (Fsp3) is 0.571. The summed E-state index contributed by atoms with van der Waals surface area (Å²) in [5, 5.41) is 0. The molecule has 0 aromatic heterocycles. The van der Waals surface area contributed by atoms with Crippen LogP contribution in [0.4, 0.5) is 0 Å². The Balaban J connectivity index is 2.06. The summed E-state index contributed by atoms with van der Waals surface area (Å²) in [5.41, 5.74) is 8.40. The smallest absolute Gasteiger partial charge is 0.0713 e. The minimum Gasteiger partial charge on any atom is -0.380 e. The fourth-order valence-electron chi connectivity index (χ4n) is 2.39. The topological polar surface area (TPSA) is 47.7 Å². The van der Waals surface area contributed by atoms with Crippen LogP contribution in [0.15, 0.2) is 24.3 Å². The zero-order valence-electron chi connectivity index (χ0n) is 11.0. The molecule has 0 saturated carbocycles. The number of morpholine rings is 1. The molecule has 4 nitrogen and oxygen atoms in total. The minimum absolute atomic E-state index is 0.297. The predicted molar refractivity (Wildman–Crippen MR) is 71.3 cm³/mol. The van der Waals surface area contributed by atoms with Gasteiger partial charge >= 0.3 is 0 Å². The molecule has 0 bridgehead atoms. The Kier molecular flexibility index (Phi) is 5.13. The second-order valence-electron chi connectivity index (χ2n) is 4.57. The SMILES string of the molecule is COCc1ccc(C(CN)N2CCOCC2)cc1. The van der Waals surface area contributed by atoms with E-state index in [1.165, 1.54) is 11.1 Å². The highest BCUT2D eigenvalue weighted by Gasteiger charge is 2.20. The number of hydrogen-bond acceptors (Lipinski definition) is 4. The molecule has 2 N–H and O–H groups in total. The van der Waals surface area contributed by atoms with Crippen molar-refractivity contribution in [1.29, 1.82) is 0 Å². The average Bonchev–Trinajstić information content (AvgIpc) is 2.43. The van der Waals surface area contributed by atoms with E-state index >= 15 is 0 Å². The molecule has 18 heavy (non-hydrogen) atoms. The molecule has 1 aliphatic rings. The van der Waals surface area contributed by atoms with Gasteiger partial charge in [0.25, 0.3) is 0 Å². The summed E-state index contributed by atoms with van der Waals surface area (Å²) in [6.07, 6.45) is 0. The fourth-order valence-corrected chi connectivity index (χ4v) is 2.39. The normalized spacial score (nSPS) is 18.8. The molecule has 4 heteroatoms. The summed E-state index contributed by atoms with van der Waals surface area (Å²) in [7, 11) is 1.71. The van der Waals surface area contributed by atoms with Gasteiger partial charge in [0.05, 0.1) is 19.8 Å². The van der Waals surface area contributed by atoms with Crippen molar-refractivity contribution in [2.45, 2.75) is 12.6 Å². The highest BCUT2D eigenvalue weighted by molar-refractivity contribution is 5.25. The molecule has 0 aliphatic carbocycles. The van der Waals surface area contributed by atoms with Gasteiger partial charge in [-0.15, -0.1) is 0 Å². The standard InChI is InChI=1S/C14H22N2O2/c1-17-11-12-2-4-13(5-3-12)14(10-15)16-6-8-18-9-7-16/h2-5,14H,6-11,15H2,1H3. The van der Waals surface area contributed by atoms with Crippen molar-refractivity contribution in [2.24, 2.45) is 5.73 Å². The molecule has 1 heterocycles. The second kappa shape index (κ2) is 6.85. The lowest BCUT2D eigenvalue weighted by Crippen LogP contribution is -2.41. The van der Waals surface area contributed by atoms with E-state index in [0.29, 0.717) is 19.2 Å². The predicted octanol–water partition coefficient (Wildman–Crippen LogP) is 1.17. The number of nitrogens with two attached hydrogens (primary N) is 1. The molecule has 1 aromatic rings. The molecule has 2 rings (SSSR count). The summed E-state index contributed by atoms with van der Waals surface area (Å²) in [6.45, 7) is 4.83. The quantitative estimate of drug-likeness (QED) is 0.852.